The molecule has 168 valence electrons. The lowest BCUT2D eigenvalue weighted by molar-refractivity contribution is -0.115. The van der Waals surface area contributed by atoms with Gasteiger partial charge < -0.3 is 15.0 Å². The molecule has 0 radical (unpaired) electrons. The summed E-state index contributed by atoms with van der Waals surface area (Å²) in [6.07, 6.45) is 2.01. The average Bonchev–Trinajstić information content (AvgIpc) is 3.26. The number of carbonyl (C=O) groups excluding carboxylic acids is 1. The topological polar surface area (TPSA) is 96.0 Å². The van der Waals surface area contributed by atoms with Gasteiger partial charge in [0, 0.05) is 37.1 Å². The highest BCUT2D eigenvalue weighted by molar-refractivity contribution is 5.94. The van der Waals surface area contributed by atoms with Gasteiger partial charge >= 0.3 is 0 Å². The van der Waals surface area contributed by atoms with Crippen LogP contribution in [-0.4, -0.2) is 57.0 Å². The summed E-state index contributed by atoms with van der Waals surface area (Å²) in [7, 11) is 0. The van der Waals surface area contributed by atoms with Crippen molar-refractivity contribution in [1.82, 2.24) is 24.8 Å². The van der Waals surface area contributed by atoms with Crippen LogP contribution in [0.5, 0.6) is 0 Å². The normalized spacial score (nSPS) is 14.5. The fraction of sp³-hybridized carbons (Fsp3) is 0.280. The van der Waals surface area contributed by atoms with Crippen molar-refractivity contribution in [2.24, 2.45) is 0 Å². The van der Waals surface area contributed by atoms with Gasteiger partial charge in [-0.15, -0.1) is 0 Å². The summed E-state index contributed by atoms with van der Waals surface area (Å²) in [5, 5.41) is 2.94. The molecule has 8 heteroatoms. The van der Waals surface area contributed by atoms with Crippen LogP contribution >= 0.6 is 0 Å². The molecule has 33 heavy (non-hydrogen) atoms. The molecule has 0 aliphatic carbocycles. The summed E-state index contributed by atoms with van der Waals surface area (Å²) in [6, 6.07) is 15.5. The molecule has 0 saturated carbocycles. The maximum absolute atomic E-state index is 12.8. The lowest BCUT2D eigenvalue weighted by Gasteiger charge is -2.26. The van der Waals surface area contributed by atoms with E-state index in [9.17, 15) is 4.79 Å². The Labute approximate surface area is 192 Å². The summed E-state index contributed by atoms with van der Waals surface area (Å²) in [4.78, 5) is 32.2. The van der Waals surface area contributed by atoms with Gasteiger partial charge in [-0.3, -0.25) is 14.7 Å². The van der Waals surface area contributed by atoms with E-state index < -0.39 is 0 Å². The zero-order chi connectivity index (χ0) is 22.6. The Hall–Kier alpha value is -3.62. The summed E-state index contributed by atoms with van der Waals surface area (Å²) < 4.78 is 5.40. The van der Waals surface area contributed by atoms with E-state index in [0.717, 1.165) is 72.2 Å². The number of para-hydroxylation sites is 1. The minimum Gasteiger partial charge on any atom is -0.379 e. The van der Waals surface area contributed by atoms with E-state index in [1.54, 1.807) is 6.20 Å². The van der Waals surface area contributed by atoms with Crippen LogP contribution in [0, 0.1) is 6.92 Å². The van der Waals surface area contributed by atoms with Crippen molar-refractivity contribution < 1.29 is 9.53 Å². The number of nitrogens with zero attached hydrogens (tertiary/aromatic N) is 4. The Kier molecular flexibility index (Phi) is 6.10. The van der Waals surface area contributed by atoms with Gasteiger partial charge in [0.2, 0.25) is 5.91 Å². The van der Waals surface area contributed by atoms with E-state index in [0.29, 0.717) is 5.82 Å². The van der Waals surface area contributed by atoms with Crippen molar-refractivity contribution in [1.29, 1.82) is 0 Å². The first-order chi connectivity index (χ1) is 16.1. The maximum Gasteiger partial charge on any atom is 0.230 e. The first-order valence-corrected chi connectivity index (χ1v) is 11.1. The van der Waals surface area contributed by atoms with Crippen molar-refractivity contribution in [3.05, 3.63) is 71.7 Å². The molecule has 1 aromatic carbocycles. The number of H-pyrrole nitrogens is 1. The fourth-order valence-corrected chi connectivity index (χ4v) is 3.96. The van der Waals surface area contributed by atoms with Crippen LogP contribution in [0.15, 0.2) is 54.7 Å². The highest BCUT2D eigenvalue weighted by atomic mass is 16.5. The number of fused-ring (bicyclic) bond motifs is 1. The van der Waals surface area contributed by atoms with Gasteiger partial charge in [-0.05, 0) is 42.8 Å². The van der Waals surface area contributed by atoms with Gasteiger partial charge in [-0.25, -0.2) is 9.97 Å². The highest BCUT2D eigenvalue weighted by Gasteiger charge is 2.14. The Balaban J connectivity index is 1.29. The lowest BCUT2D eigenvalue weighted by Crippen LogP contribution is -2.35. The molecule has 1 aliphatic rings. The zero-order valence-corrected chi connectivity index (χ0v) is 18.5. The summed E-state index contributed by atoms with van der Waals surface area (Å²) >= 11 is 0. The van der Waals surface area contributed by atoms with Gasteiger partial charge in [0.15, 0.2) is 0 Å². The molecule has 0 unspecified atom stereocenters. The van der Waals surface area contributed by atoms with E-state index in [-0.39, 0.29) is 12.3 Å². The number of hydrogen-bond acceptors (Lipinski definition) is 6. The molecule has 1 fully saturated rings. The second-order valence-electron chi connectivity index (χ2n) is 8.21. The molecule has 0 bridgehead atoms. The summed E-state index contributed by atoms with van der Waals surface area (Å²) in [5.41, 5.74) is 5.33. The van der Waals surface area contributed by atoms with Crippen LogP contribution in [0.4, 0.5) is 5.82 Å². The number of morpholine rings is 1. The number of pyridine rings is 2. The number of benzene rings is 1. The predicted octanol–water partition coefficient (Wildman–Crippen LogP) is 3.34. The number of amides is 1. The van der Waals surface area contributed by atoms with E-state index in [2.05, 4.69) is 25.2 Å². The number of anilines is 1. The largest absolute Gasteiger partial charge is 0.379 e. The minimum atomic E-state index is -0.125. The third-order valence-corrected chi connectivity index (χ3v) is 5.70. The average molecular weight is 443 g/mol. The quantitative estimate of drug-likeness (QED) is 0.476. The second kappa shape index (κ2) is 9.48. The molecule has 1 aliphatic heterocycles. The minimum absolute atomic E-state index is 0.125. The van der Waals surface area contributed by atoms with Crippen LogP contribution in [0.25, 0.3) is 22.4 Å². The molecule has 8 nitrogen and oxygen atoms in total. The van der Waals surface area contributed by atoms with E-state index in [1.807, 2.05) is 55.5 Å². The highest BCUT2D eigenvalue weighted by Crippen LogP contribution is 2.23. The number of aryl methyl sites for hydroxylation is 1. The van der Waals surface area contributed by atoms with Crippen LogP contribution in [0.2, 0.25) is 0 Å². The second-order valence-corrected chi connectivity index (χ2v) is 8.21. The molecular formula is C25H26N6O2. The Morgan fingerprint density at radius 1 is 1.09 bits per heavy atom. The Morgan fingerprint density at radius 3 is 2.76 bits per heavy atom. The van der Waals surface area contributed by atoms with E-state index >= 15 is 0 Å². The molecule has 1 saturated heterocycles. The predicted molar refractivity (Wildman–Crippen MR) is 127 cm³/mol. The van der Waals surface area contributed by atoms with Gasteiger partial charge in [0.05, 0.1) is 36.4 Å². The van der Waals surface area contributed by atoms with Gasteiger partial charge in [0.1, 0.15) is 11.6 Å². The van der Waals surface area contributed by atoms with E-state index in [4.69, 9.17) is 9.72 Å². The number of nitrogens with one attached hydrogen (secondary N) is 2. The maximum atomic E-state index is 12.8. The third-order valence-electron chi connectivity index (χ3n) is 5.70. The third kappa shape index (κ3) is 5.08. The van der Waals surface area contributed by atoms with Crippen LogP contribution < -0.4 is 5.32 Å². The van der Waals surface area contributed by atoms with Crippen molar-refractivity contribution in [3.8, 4) is 11.4 Å². The smallest absolute Gasteiger partial charge is 0.230 e. The zero-order valence-electron chi connectivity index (χ0n) is 18.5. The molecule has 1 amide bonds. The molecular weight excluding hydrogens is 416 g/mol. The number of ether oxygens (including phenoxy) is 1. The SMILES string of the molecule is Cc1ccc(-c2nc3c(CC(=O)Nc4cccc(CN5CCOCC5)n4)cccc3[nH]2)cn1. The van der Waals surface area contributed by atoms with Crippen molar-refractivity contribution in [2.75, 3.05) is 31.6 Å². The standard InChI is InChI=1S/C25H26N6O2/c1-17-8-9-19(15-26-17)25-28-21-6-2-4-18(24(21)30-25)14-23(32)29-22-7-3-5-20(27-22)16-31-10-12-33-13-11-31/h2-9,15H,10-14,16H2,1H3,(H,28,30)(H,27,29,32). The Morgan fingerprint density at radius 2 is 1.94 bits per heavy atom. The molecule has 4 heterocycles. The first kappa shape index (κ1) is 21.2. The molecule has 0 spiro atoms. The Bertz CT molecular complexity index is 1260. The van der Waals surface area contributed by atoms with E-state index in [1.165, 1.54) is 0 Å². The van der Waals surface area contributed by atoms with Crippen LogP contribution in [-0.2, 0) is 22.5 Å². The van der Waals surface area contributed by atoms with Crippen LogP contribution in [0.3, 0.4) is 0 Å². The molecule has 3 aromatic heterocycles. The fourth-order valence-electron chi connectivity index (χ4n) is 3.96. The van der Waals surface area contributed by atoms with Crippen molar-refractivity contribution in [3.63, 3.8) is 0 Å². The van der Waals surface area contributed by atoms with Gasteiger partial charge in [-0.1, -0.05) is 18.2 Å². The van der Waals surface area contributed by atoms with Gasteiger partial charge in [0.25, 0.3) is 0 Å². The van der Waals surface area contributed by atoms with Crippen molar-refractivity contribution >= 4 is 22.8 Å². The number of hydrogen-bond donors (Lipinski definition) is 2. The lowest BCUT2D eigenvalue weighted by atomic mass is 10.1. The number of imidazole rings is 1. The van der Waals surface area contributed by atoms with Gasteiger partial charge in [-0.2, -0.15) is 0 Å². The number of aromatic amines is 1. The summed E-state index contributed by atoms with van der Waals surface area (Å²) in [6.45, 7) is 5.98. The molecule has 4 aromatic rings. The summed E-state index contributed by atoms with van der Waals surface area (Å²) in [5.74, 6) is 1.18. The van der Waals surface area contributed by atoms with Crippen molar-refractivity contribution in [2.45, 2.75) is 19.9 Å². The molecule has 0 atom stereocenters. The molecule has 2 N–H and O–H groups in total. The first-order valence-electron chi connectivity index (χ1n) is 11.1. The number of aromatic nitrogens is 4. The number of carbonyl (C=O) groups is 1. The van der Waals surface area contributed by atoms with Crippen LogP contribution in [0.1, 0.15) is 17.0 Å². The molecule has 5 rings (SSSR count). The number of rotatable bonds is 6. The monoisotopic (exact) mass is 442 g/mol.